The summed E-state index contributed by atoms with van der Waals surface area (Å²) in [5.74, 6) is -2.15. The first-order chi connectivity index (χ1) is 18.0. The van der Waals surface area contributed by atoms with Crippen LogP contribution in [0.2, 0.25) is 0 Å². The van der Waals surface area contributed by atoms with Gasteiger partial charge in [-0.1, -0.05) is 42.5 Å². The minimum absolute atomic E-state index is 0.0785. The van der Waals surface area contributed by atoms with Crippen LogP contribution in [0.3, 0.4) is 0 Å². The Bertz CT molecular complexity index is 1340. The Morgan fingerprint density at radius 2 is 1.39 bits per heavy atom. The highest BCUT2D eigenvalue weighted by atomic mass is 32.2. The van der Waals surface area contributed by atoms with Crippen LogP contribution in [0.25, 0.3) is 0 Å². The Morgan fingerprint density at radius 1 is 0.842 bits per heavy atom. The molecule has 0 heterocycles. The van der Waals surface area contributed by atoms with Gasteiger partial charge in [-0.25, -0.2) is 13.1 Å². The van der Waals surface area contributed by atoms with Crippen molar-refractivity contribution in [2.45, 2.75) is 19.0 Å². The minimum atomic E-state index is -4.18. The normalized spacial score (nSPS) is 12.2. The van der Waals surface area contributed by atoms with Gasteiger partial charge in [0.1, 0.15) is 24.2 Å². The highest BCUT2D eigenvalue weighted by Crippen LogP contribution is 2.22. The van der Waals surface area contributed by atoms with Gasteiger partial charge in [-0.2, -0.15) is 12.7 Å². The van der Waals surface area contributed by atoms with Gasteiger partial charge in [0, 0.05) is 34.1 Å². The second kappa shape index (κ2) is 12.6. The van der Waals surface area contributed by atoms with Crippen LogP contribution in [0.4, 0.5) is 14.5 Å². The van der Waals surface area contributed by atoms with Gasteiger partial charge in [0.15, 0.2) is 0 Å². The van der Waals surface area contributed by atoms with E-state index in [4.69, 9.17) is 0 Å². The largest absolute Gasteiger partial charge is 0.357 e. The number of hydrogen-bond donors (Lipinski definition) is 1. The van der Waals surface area contributed by atoms with E-state index in [2.05, 4.69) is 5.32 Å². The van der Waals surface area contributed by atoms with Gasteiger partial charge >= 0.3 is 10.2 Å². The molecule has 3 aromatic rings. The molecule has 11 heteroatoms. The summed E-state index contributed by atoms with van der Waals surface area (Å²) >= 11 is 0. The van der Waals surface area contributed by atoms with E-state index in [0.29, 0.717) is 5.56 Å². The predicted octanol–water partition coefficient (Wildman–Crippen LogP) is 2.96. The third-order valence-corrected chi connectivity index (χ3v) is 7.74. The van der Waals surface area contributed by atoms with E-state index >= 15 is 0 Å². The summed E-state index contributed by atoms with van der Waals surface area (Å²) in [4.78, 5) is 28.2. The first kappa shape index (κ1) is 28.7. The SMILES string of the molecule is CNC(=O)[C@@H](Cc1ccccc1)N(Cc1ccc(F)cc1)C(=O)CN(c1ccc(F)cc1)S(=O)(=O)N(C)C. The molecule has 0 fully saturated rings. The van der Waals surface area contributed by atoms with E-state index < -0.39 is 46.2 Å². The van der Waals surface area contributed by atoms with E-state index in [1.165, 1.54) is 62.4 Å². The molecular weight excluding hydrogens is 514 g/mol. The van der Waals surface area contributed by atoms with Crippen LogP contribution in [-0.2, 0) is 32.8 Å². The number of hydrogen-bond acceptors (Lipinski definition) is 4. The smallest absolute Gasteiger partial charge is 0.304 e. The first-order valence-electron chi connectivity index (χ1n) is 11.8. The van der Waals surface area contributed by atoms with Gasteiger partial charge in [0.05, 0.1) is 5.69 Å². The maximum atomic E-state index is 13.9. The molecule has 8 nitrogen and oxygen atoms in total. The Hall–Kier alpha value is -3.83. The van der Waals surface area contributed by atoms with E-state index in [1.807, 2.05) is 30.3 Å². The molecule has 0 aliphatic rings. The lowest BCUT2D eigenvalue weighted by molar-refractivity contribution is -0.139. The van der Waals surface area contributed by atoms with Crippen molar-refractivity contribution >= 4 is 27.7 Å². The van der Waals surface area contributed by atoms with Crippen molar-refractivity contribution in [3.63, 3.8) is 0 Å². The number of anilines is 1. The maximum absolute atomic E-state index is 13.9. The fraction of sp³-hybridized carbons (Fsp3) is 0.259. The first-order valence-corrected chi connectivity index (χ1v) is 13.2. The van der Waals surface area contributed by atoms with E-state index in [1.54, 1.807) is 0 Å². The van der Waals surface area contributed by atoms with Crippen LogP contribution < -0.4 is 9.62 Å². The molecule has 0 aliphatic carbocycles. The zero-order valence-electron chi connectivity index (χ0n) is 21.3. The Balaban J connectivity index is 2.05. The van der Waals surface area contributed by atoms with Gasteiger partial charge in [-0.15, -0.1) is 0 Å². The monoisotopic (exact) mass is 544 g/mol. The molecule has 3 rings (SSSR count). The van der Waals surface area contributed by atoms with Gasteiger partial charge in [0.2, 0.25) is 11.8 Å². The van der Waals surface area contributed by atoms with Gasteiger partial charge in [0.25, 0.3) is 0 Å². The molecule has 0 spiro atoms. The van der Waals surface area contributed by atoms with Crippen molar-refractivity contribution in [1.29, 1.82) is 0 Å². The number of likely N-dealkylation sites (N-methyl/N-ethyl adjacent to an activating group) is 1. The number of carbonyl (C=O) groups is 2. The second-order valence-corrected chi connectivity index (χ2v) is 10.8. The summed E-state index contributed by atoms with van der Waals surface area (Å²) in [7, 11) is -0.0995. The average molecular weight is 545 g/mol. The summed E-state index contributed by atoms with van der Waals surface area (Å²) in [5, 5.41) is 2.58. The average Bonchev–Trinajstić information content (AvgIpc) is 2.90. The lowest BCUT2D eigenvalue weighted by atomic mass is 10.0. The quantitative estimate of drug-likeness (QED) is 0.402. The highest BCUT2D eigenvalue weighted by Gasteiger charge is 2.34. The Labute approximate surface area is 221 Å². The lowest BCUT2D eigenvalue weighted by Crippen LogP contribution is -2.53. The molecule has 0 radical (unpaired) electrons. The predicted molar refractivity (Wildman–Crippen MR) is 141 cm³/mol. The molecule has 0 saturated heterocycles. The fourth-order valence-electron chi connectivity index (χ4n) is 3.83. The molecule has 0 bridgehead atoms. The molecule has 0 saturated carbocycles. The Kier molecular flexibility index (Phi) is 9.54. The fourth-order valence-corrected chi connectivity index (χ4v) is 4.89. The Morgan fingerprint density at radius 3 is 1.92 bits per heavy atom. The van der Waals surface area contributed by atoms with Crippen molar-refractivity contribution in [1.82, 2.24) is 14.5 Å². The van der Waals surface area contributed by atoms with Crippen LogP contribution in [-0.4, -0.2) is 63.2 Å². The highest BCUT2D eigenvalue weighted by molar-refractivity contribution is 7.90. The topological polar surface area (TPSA) is 90.0 Å². The third kappa shape index (κ3) is 7.14. The standard InChI is InChI=1S/C27H30F2N4O4S/c1-30-27(35)25(17-20-7-5-4-6-8-20)32(18-21-9-11-22(28)12-10-21)26(34)19-33(38(36,37)31(2)3)24-15-13-23(29)14-16-24/h4-16,25H,17-19H2,1-3H3,(H,30,35)/t25-/m1/s1. The molecule has 0 unspecified atom stereocenters. The molecule has 0 aromatic heterocycles. The molecule has 38 heavy (non-hydrogen) atoms. The summed E-state index contributed by atoms with van der Waals surface area (Å²) in [6.45, 7) is -0.737. The summed E-state index contributed by atoms with van der Waals surface area (Å²) in [6, 6.07) is 18.2. The van der Waals surface area contributed by atoms with Gasteiger partial charge in [-0.3, -0.25) is 9.59 Å². The van der Waals surface area contributed by atoms with Crippen molar-refractivity contribution < 1.29 is 26.8 Å². The van der Waals surface area contributed by atoms with Crippen LogP contribution >= 0.6 is 0 Å². The number of nitrogens with zero attached hydrogens (tertiary/aromatic N) is 3. The van der Waals surface area contributed by atoms with Crippen molar-refractivity contribution in [2.24, 2.45) is 0 Å². The van der Waals surface area contributed by atoms with Gasteiger partial charge < -0.3 is 10.2 Å². The molecule has 202 valence electrons. The lowest BCUT2D eigenvalue weighted by Gasteiger charge is -2.34. The number of rotatable bonds is 11. The second-order valence-electron chi connectivity index (χ2n) is 8.74. The summed E-state index contributed by atoms with van der Waals surface area (Å²) in [6.07, 6.45) is 0.157. The summed E-state index contributed by atoms with van der Waals surface area (Å²) < 4.78 is 55.3. The van der Waals surface area contributed by atoms with Gasteiger partial charge in [-0.05, 0) is 47.5 Å². The van der Waals surface area contributed by atoms with E-state index in [0.717, 1.165) is 26.3 Å². The van der Waals surface area contributed by atoms with Crippen molar-refractivity contribution in [3.05, 3.63) is 102 Å². The minimum Gasteiger partial charge on any atom is -0.357 e. The molecule has 2 amide bonds. The van der Waals surface area contributed by atoms with Crippen molar-refractivity contribution in [2.75, 3.05) is 32.0 Å². The molecule has 0 aliphatic heterocycles. The molecule has 3 aromatic carbocycles. The van der Waals surface area contributed by atoms with E-state index in [9.17, 15) is 26.8 Å². The number of nitrogens with one attached hydrogen (secondary N) is 1. The number of carbonyl (C=O) groups excluding carboxylic acids is 2. The zero-order chi connectivity index (χ0) is 27.9. The summed E-state index contributed by atoms with van der Waals surface area (Å²) in [5.41, 5.74) is 1.41. The van der Waals surface area contributed by atoms with Crippen molar-refractivity contribution in [3.8, 4) is 0 Å². The van der Waals surface area contributed by atoms with Crippen LogP contribution in [0, 0.1) is 11.6 Å². The van der Waals surface area contributed by atoms with Crippen LogP contribution in [0.5, 0.6) is 0 Å². The number of benzene rings is 3. The van der Waals surface area contributed by atoms with E-state index in [-0.39, 0.29) is 18.7 Å². The maximum Gasteiger partial charge on any atom is 0.304 e. The van der Waals surface area contributed by atoms with Crippen LogP contribution in [0.1, 0.15) is 11.1 Å². The molecule has 1 N–H and O–H groups in total. The number of halogens is 2. The third-order valence-electron chi connectivity index (χ3n) is 5.92. The number of amides is 2. The molecule has 1 atom stereocenters. The molecular formula is C27H30F2N4O4S. The van der Waals surface area contributed by atoms with Crippen LogP contribution in [0.15, 0.2) is 78.9 Å². The zero-order valence-corrected chi connectivity index (χ0v) is 22.2.